The Kier molecular flexibility index (Phi) is 2.60. The van der Waals surface area contributed by atoms with Gasteiger partial charge >= 0.3 is 5.97 Å². The van der Waals surface area contributed by atoms with Crippen molar-refractivity contribution in [1.29, 1.82) is 0 Å². The van der Waals surface area contributed by atoms with Crippen LogP contribution in [0.2, 0.25) is 0 Å². The van der Waals surface area contributed by atoms with Gasteiger partial charge < -0.3 is 5.11 Å². The van der Waals surface area contributed by atoms with Gasteiger partial charge in [-0.15, -0.1) is 0 Å². The van der Waals surface area contributed by atoms with Gasteiger partial charge in [0.2, 0.25) is 0 Å². The lowest BCUT2D eigenvalue weighted by molar-refractivity contribution is 0.0691. The minimum atomic E-state index is -0.989. The Morgan fingerprint density at radius 1 is 1.25 bits per heavy atom. The molecule has 0 saturated carbocycles. The van der Waals surface area contributed by atoms with Crippen LogP contribution in [0.15, 0.2) is 30.3 Å². The van der Waals surface area contributed by atoms with Crippen LogP contribution < -0.4 is 0 Å². The summed E-state index contributed by atoms with van der Waals surface area (Å²) in [6.45, 7) is 4.20. The maximum Gasteiger partial charge on any atom is 0.354 e. The largest absolute Gasteiger partial charge is 0.477 e. The Balaban J connectivity index is 2.61. The highest BCUT2D eigenvalue weighted by molar-refractivity contribution is 5.89. The fraction of sp³-hybridized carbons (Fsp3) is 0.231. The molecule has 0 radical (unpaired) electrons. The number of carboxylic acids is 1. The highest BCUT2D eigenvalue weighted by Gasteiger charge is 2.06. The summed E-state index contributed by atoms with van der Waals surface area (Å²) in [5, 5.41) is 9.83. The van der Waals surface area contributed by atoms with Crippen molar-refractivity contribution < 1.29 is 9.90 Å². The third-order valence-corrected chi connectivity index (χ3v) is 2.60. The van der Waals surface area contributed by atoms with Crippen molar-refractivity contribution in [3.8, 4) is 0 Å². The molecular formula is C13H13NO2. The average molecular weight is 215 g/mol. The van der Waals surface area contributed by atoms with E-state index in [0.29, 0.717) is 5.92 Å². The molecule has 0 aliphatic rings. The zero-order valence-corrected chi connectivity index (χ0v) is 9.27. The molecule has 0 fully saturated rings. The lowest BCUT2D eigenvalue weighted by Gasteiger charge is -2.06. The van der Waals surface area contributed by atoms with Crippen molar-refractivity contribution in [2.45, 2.75) is 19.8 Å². The first-order chi connectivity index (χ1) is 7.58. The number of aromatic nitrogens is 1. The van der Waals surface area contributed by atoms with Gasteiger partial charge in [0.25, 0.3) is 0 Å². The molecule has 2 aromatic rings. The van der Waals surface area contributed by atoms with Gasteiger partial charge in [0.15, 0.2) is 0 Å². The monoisotopic (exact) mass is 215 g/mol. The fourth-order valence-corrected chi connectivity index (χ4v) is 1.61. The van der Waals surface area contributed by atoms with E-state index in [1.807, 2.05) is 12.1 Å². The minimum absolute atomic E-state index is 0.0911. The molecule has 0 saturated heterocycles. The summed E-state index contributed by atoms with van der Waals surface area (Å²) < 4.78 is 0. The number of pyridine rings is 1. The molecule has 1 aromatic heterocycles. The first-order valence-corrected chi connectivity index (χ1v) is 5.22. The van der Waals surface area contributed by atoms with E-state index in [-0.39, 0.29) is 5.69 Å². The van der Waals surface area contributed by atoms with E-state index in [0.717, 1.165) is 10.9 Å². The lowest BCUT2D eigenvalue weighted by Crippen LogP contribution is -2.00. The van der Waals surface area contributed by atoms with Crippen LogP contribution in [-0.2, 0) is 0 Å². The topological polar surface area (TPSA) is 50.2 Å². The average Bonchev–Trinajstić information content (AvgIpc) is 2.27. The lowest BCUT2D eigenvalue weighted by atomic mass is 10.0. The zero-order chi connectivity index (χ0) is 11.7. The Hall–Kier alpha value is -1.90. The number of nitrogens with zero attached hydrogens (tertiary/aromatic N) is 1. The molecule has 1 heterocycles. The van der Waals surface area contributed by atoms with Crippen LogP contribution in [0.4, 0.5) is 0 Å². The Labute approximate surface area is 93.7 Å². The number of hydrogen-bond donors (Lipinski definition) is 1. The van der Waals surface area contributed by atoms with E-state index in [4.69, 9.17) is 5.11 Å². The van der Waals surface area contributed by atoms with Crippen molar-refractivity contribution in [1.82, 2.24) is 4.98 Å². The summed E-state index contributed by atoms with van der Waals surface area (Å²) >= 11 is 0. The Bertz CT molecular complexity index is 547. The number of fused-ring (bicyclic) bond motifs is 1. The summed E-state index contributed by atoms with van der Waals surface area (Å²) in [5.41, 5.74) is 2.00. The number of rotatable bonds is 2. The molecule has 0 bridgehead atoms. The standard InChI is InChI=1S/C13H13NO2/c1-8(2)10-4-3-9-5-6-11(13(15)16)14-12(9)7-10/h3-8H,1-2H3,(H,15,16). The van der Waals surface area contributed by atoms with Crippen LogP contribution in [0.3, 0.4) is 0 Å². The number of benzene rings is 1. The third-order valence-electron chi connectivity index (χ3n) is 2.60. The normalized spacial score (nSPS) is 10.9. The van der Waals surface area contributed by atoms with E-state index in [2.05, 4.69) is 24.9 Å². The second kappa shape index (κ2) is 3.93. The van der Waals surface area contributed by atoms with Crippen molar-refractivity contribution in [2.24, 2.45) is 0 Å². The zero-order valence-electron chi connectivity index (χ0n) is 9.27. The van der Waals surface area contributed by atoms with Gasteiger partial charge in [0.1, 0.15) is 5.69 Å². The van der Waals surface area contributed by atoms with Crippen molar-refractivity contribution in [2.75, 3.05) is 0 Å². The van der Waals surface area contributed by atoms with Gasteiger partial charge in [-0.1, -0.05) is 32.0 Å². The first-order valence-electron chi connectivity index (χ1n) is 5.22. The first kappa shape index (κ1) is 10.6. The number of aromatic carboxylic acids is 1. The molecule has 0 amide bonds. The Morgan fingerprint density at radius 2 is 1.94 bits per heavy atom. The van der Waals surface area contributed by atoms with Crippen molar-refractivity contribution in [3.63, 3.8) is 0 Å². The molecule has 0 aliphatic heterocycles. The van der Waals surface area contributed by atoms with Crippen LogP contribution in [-0.4, -0.2) is 16.1 Å². The van der Waals surface area contributed by atoms with E-state index in [9.17, 15) is 4.79 Å². The summed E-state index contributed by atoms with van der Waals surface area (Å²) in [6.07, 6.45) is 0. The Morgan fingerprint density at radius 3 is 2.56 bits per heavy atom. The maximum absolute atomic E-state index is 10.8. The quantitative estimate of drug-likeness (QED) is 0.837. The summed E-state index contributed by atoms with van der Waals surface area (Å²) in [5.74, 6) is -0.573. The van der Waals surface area contributed by atoms with E-state index in [1.165, 1.54) is 11.6 Å². The van der Waals surface area contributed by atoms with Crippen molar-refractivity contribution in [3.05, 3.63) is 41.6 Å². The highest BCUT2D eigenvalue weighted by atomic mass is 16.4. The van der Waals surface area contributed by atoms with E-state index < -0.39 is 5.97 Å². The molecule has 0 spiro atoms. The molecule has 3 nitrogen and oxygen atoms in total. The summed E-state index contributed by atoms with van der Waals surface area (Å²) in [4.78, 5) is 14.9. The molecule has 2 rings (SSSR count). The van der Waals surface area contributed by atoms with Gasteiger partial charge in [-0.3, -0.25) is 0 Å². The smallest absolute Gasteiger partial charge is 0.354 e. The predicted molar refractivity (Wildman–Crippen MR) is 62.8 cm³/mol. The van der Waals surface area contributed by atoms with E-state index in [1.54, 1.807) is 6.07 Å². The van der Waals surface area contributed by atoms with Crippen molar-refractivity contribution >= 4 is 16.9 Å². The number of carboxylic acid groups (broad SMARTS) is 1. The molecule has 0 unspecified atom stereocenters. The van der Waals surface area contributed by atoms with E-state index >= 15 is 0 Å². The number of hydrogen-bond acceptors (Lipinski definition) is 2. The van der Waals surface area contributed by atoms with Crippen LogP contribution in [0.5, 0.6) is 0 Å². The van der Waals surface area contributed by atoms with Gasteiger partial charge in [0, 0.05) is 5.39 Å². The molecule has 16 heavy (non-hydrogen) atoms. The van der Waals surface area contributed by atoms with Crippen LogP contribution in [0, 0.1) is 0 Å². The minimum Gasteiger partial charge on any atom is -0.477 e. The van der Waals surface area contributed by atoms with Crippen LogP contribution >= 0.6 is 0 Å². The second-order valence-electron chi connectivity index (χ2n) is 4.11. The van der Waals surface area contributed by atoms with Gasteiger partial charge in [0.05, 0.1) is 5.52 Å². The molecular weight excluding hydrogens is 202 g/mol. The third kappa shape index (κ3) is 1.89. The molecule has 0 atom stereocenters. The number of carbonyl (C=O) groups is 1. The molecule has 1 aromatic carbocycles. The summed E-state index contributed by atoms with van der Waals surface area (Å²) in [7, 11) is 0. The fourth-order valence-electron chi connectivity index (χ4n) is 1.61. The molecule has 1 N–H and O–H groups in total. The molecule has 82 valence electrons. The van der Waals surface area contributed by atoms with Crippen LogP contribution in [0.1, 0.15) is 35.8 Å². The summed E-state index contributed by atoms with van der Waals surface area (Å²) in [6, 6.07) is 9.29. The van der Waals surface area contributed by atoms with Gasteiger partial charge in [-0.2, -0.15) is 0 Å². The second-order valence-corrected chi connectivity index (χ2v) is 4.11. The molecule has 3 heteroatoms. The molecule has 0 aliphatic carbocycles. The predicted octanol–water partition coefficient (Wildman–Crippen LogP) is 3.06. The van der Waals surface area contributed by atoms with Crippen LogP contribution in [0.25, 0.3) is 10.9 Å². The maximum atomic E-state index is 10.8. The van der Waals surface area contributed by atoms with Gasteiger partial charge in [-0.05, 0) is 23.6 Å². The van der Waals surface area contributed by atoms with Gasteiger partial charge in [-0.25, -0.2) is 9.78 Å². The SMILES string of the molecule is CC(C)c1ccc2ccc(C(=O)O)nc2c1. The highest BCUT2D eigenvalue weighted by Crippen LogP contribution is 2.20.